The first-order valence-electron chi connectivity index (χ1n) is 7.33. The van der Waals surface area contributed by atoms with Crippen molar-refractivity contribution in [1.29, 1.82) is 0 Å². The summed E-state index contributed by atoms with van der Waals surface area (Å²) in [5, 5.41) is 11.4. The molecule has 5 nitrogen and oxygen atoms in total. The fraction of sp³-hybridized carbons (Fsp3) is 0.150. The minimum absolute atomic E-state index is 0.187. The van der Waals surface area contributed by atoms with E-state index in [0.29, 0.717) is 24.7 Å². The maximum atomic E-state index is 8.48. The van der Waals surface area contributed by atoms with Gasteiger partial charge in [-0.05, 0) is 36.4 Å². The Kier molecular flexibility index (Phi) is 9.48. The van der Waals surface area contributed by atoms with Gasteiger partial charge in [0.2, 0.25) is 5.90 Å². The van der Waals surface area contributed by atoms with Crippen LogP contribution >= 0.6 is 0 Å². The van der Waals surface area contributed by atoms with Crippen LogP contribution in [0.25, 0.3) is 0 Å². The second-order valence-electron chi connectivity index (χ2n) is 4.51. The Morgan fingerprint density at radius 1 is 0.920 bits per heavy atom. The SMILES string of the molecule is C#CCOCC#C.CC(=NO)Oc1ccc(Oc2ccccc2)cc1. The minimum atomic E-state index is 0.187. The lowest BCUT2D eigenvalue weighted by Crippen LogP contribution is -2.02. The van der Waals surface area contributed by atoms with Crippen LogP contribution in [0.2, 0.25) is 0 Å². The standard InChI is InChI=1S/C14H13NO3.C6H6O/c1-11(15-16)17-13-7-9-14(10-8-13)18-12-5-3-2-4-6-12;1-3-5-7-6-4-2/h2-10,16H,1H3;1-2H,5-6H2. The average molecular weight is 337 g/mol. The molecular formula is C20H19NO4. The molecule has 0 aliphatic carbocycles. The van der Waals surface area contributed by atoms with E-state index in [4.69, 9.17) is 27.5 Å². The summed E-state index contributed by atoms with van der Waals surface area (Å²) in [6, 6.07) is 16.6. The van der Waals surface area contributed by atoms with Gasteiger partial charge in [-0.2, -0.15) is 0 Å². The first-order chi connectivity index (χ1) is 12.2. The summed E-state index contributed by atoms with van der Waals surface area (Å²) in [5.74, 6) is 6.84. The van der Waals surface area contributed by atoms with Crippen LogP contribution in [0.1, 0.15) is 6.92 Å². The topological polar surface area (TPSA) is 60.3 Å². The molecule has 0 saturated carbocycles. The van der Waals surface area contributed by atoms with E-state index in [1.807, 2.05) is 30.3 Å². The third-order valence-electron chi connectivity index (χ3n) is 2.58. The van der Waals surface area contributed by atoms with Gasteiger partial charge in [0.15, 0.2) is 0 Å². The molecule has 0 fully saturated rings. The molecule has 0 radical (unpaired) electrons. The lowest BCUT2D eigenvalue weighted by molar-refractivity contribution is 0.205. The molecule has 0 heterocycles. The predicted molar refractivity (Wildman–Crippen MR) is 97.0 cm³/mol. The highest BCUT2D eigenvalue weighted by Crippen LogP contribution is 2.23. The normalized spacial score (nSPS) is 9.80. The Morgan fingerprint density at radius 3 is 1.96 bits per heavy atom. The molecule has 128 valence electrons. The van der Waals surface area contributed by atoms with Crippen molar-refractivity contribution >= 4 is 5.90 Å². The highest BCUT2D eigenvalue weighted by molar-refractivity contribution is 5.75. The van der Waals surface area contributed by atoms with Gasteiger partial charge in [0.1, 0.15) is 30.5 Å². The fourth-order valence-corrected chi connectivity index (χ4v) is 1.56. The number of benzene rings is 2. The van der Waals surface area contributed by atoms with E-state index in [9.17, 15) is 0 Å². The maximum Gasteiger partial charge on any atom is 0.227 e. The number of para-hydroxylation sites is 1. The van der Waals surface area contributed by atoms with Crippen molar-refractivity contribution in [2.45, 2.75) is 6.92 Å². The minimum Gasteiger partial charge on any atom is -0.457 e. The zero-order valence-corrected chi connectivity index (χ0v) is 13.9. The molecule has 0 saturated heterocycles. The summed E-state index contributed by atoms with van der Waals surface area (Å²) >= 11 is 0. The fourth-order valence-electron chi connectivity index (χ4n) is 1.56. The second-order valence-corrected chi connectivity index (χ2v) is 4.51. The van der Waals surface area contributed by atoms with Gasteiger partial charge in [-0.3, -0.25) is 0 Å². The van der Waals surface area contributed by atoms with Crippen LogP contribution in [0.5, 0.6) is 17.2 Å². The third kappa shape index (κ3) is 8.71. The molecule has 0 amide bonds. The van der Waals surface area contributed by atoms with Gasteiger partial charge in [0.25, 0.3) is 0 Å². The molecule has 25 heavy (non-hydrogen) atoms. The first kappa shape index (κ1) is 19.6. The lowest BCUT2D eigenvalue weighted by atomic mass is 10.3. The number of oxime groups is 1. The largest absolute Gasteiger partial charge is 0.457 e. The molecule has 0 spiro atoms. The molecule has 2 aromatic rings. The Labute approximate surface area is 147 Å². The number of ether oxygens (including phenoxy) is 3. The van der Waals surface area contributed by atoms with E-state index in [0.717, 1.165) is 5.75 Å². The van der Waals surface area contributed by atoms with Gasteiger partial charge in [0, 0.05) is 6.92 Å². The first-order valence-corrected chi connectivity index (χ1v) is 7.33. The number of hydrogen-bond acceptors (Lipinski definition) is 5. The zero-order chi connectivity index (χ0) is 18.3. The Morgan fingerprint density at radius 2 is 1.44 bits per heavy atom. The van der Waals surface area contributed by atoms with Crippen molar-refractivity contribution in [3.63, 3.8) is 0 Å². The van der Waals surface area contributed by atoms with Crippen molar-refractivity contribution in [3.8, 4) is 41.9 Å². The van der Waals surface area contributed by atoms with Crippen LogP contribution in [0, 0.1) is 24.7 Å². The van der Waals surface area contributed by atoms with Crippen LogP contribution in [-0.4, -0.2) is 24.3 Å². The predicted octanol–water partition coefficient (Wildman–Crippen LogP) is 3.93. The van der Waals surface area contributed by atoms with Gasteiger partial charge >= 0.3 is 0 Å². The second kappa shape index (κ2) is 12.1. The van der Waals surface area contributed by atoms with Crippen LogP contribution in [0.3, 0.4) is 0 Å². The van der Waals surface area contributed by atoms with Crippen LogP contribution in [0.15, 0.2) is 59.8 Å². The van der Waals surface area contributed by atoms with E-state index in [2.05, 4.69) is 21.7 Å². The van der Waals surface area contributed by atoms with Gasteiger partial charge in [0.05, 0.1) is 0 Å². The van der Waals surface area contributed by atoms with Gasteiger partial charge in [-0.1, -0.05) is 35.2 Å². The number of hydrogen-bond donors (Lipinski definition) is 1. The highest BCUT2D eigenvalue weighted by Gasteiger charge is 1.99. The van der Waals surface area contributed by atoms with Crippen LogP contribution in [0.4, 0.5) is 0 Å². The zero-order valence-electron chi connectivity index (χ0n) is 13.9. The van der Waals surface area contributed by atoms with Gasteiger partial charge in [-0.25, -0.2) is 0 Å². The van der Waals surface area contributed by atoms with Gasteiger partial charge < -0.3 is 19.4 Å². The van der Waals surface area contributed by atoms with Crippen molar-refractivity contribution < 1.29 is 19.4 Å². The van der Waals surface area contributed by atoms with Crippen molar-refractivity contribution in [1.82, 2.24) is 0 Å². The summed E-state index contributed by atoms with van der Waals surface area (Å²) in [6.45, 7) is 2.18. The average Bonchev–Trinajstić information content (AvgIpc) is 2.65. The number of terminal acetylenes is 2. The molecule has 0 unspecified atom stereocenters. The summed E-state index contributed by atoms with van der Waals surface area (Å²) in [4.78, 5) is 0. The Hall–Kier alpha value is -3.41. The molecule has 0 bridgehead atoms. The monoisotopic (exact) mass is 337 g/mol. The summed E-state index contributed by atoms with van der Waals surface area (Å²) in [6.07, 6.45) is 9.65. The number of rotatable bonds is 5. The summed E-state index contributed by atoms with van der Waals surface area (Å²) in [5.41, 5.74) is 0. The molecule has 0 atom stereocenters. The van der Waals surface area contributed by atoms with E-state index in [1.165, 1.54) is 0 Å². The van der Waals surface area contributed by atoms with Crippen molar-refractivity contribution in [2.75, 3.05) is 13.2 Å². The third-order valence-corrected chi connectivity index (χ3v) is 2.58. The van der Waals surface area contributed by atoms with E-state index >= 15 is 0 Å². The van der Waals surface area contributed by atoms with E-state index in [-0.39, 0.29) is 5.90 Å². The highest BCUT2D eigenvalue weighted by atomic mass is 16.5. The quantitative estimate of drug-likeness (QED) is 0.224. The van der Waals surface area contributed by atoms with Crippen molar-refractivity contribution in [3.05, 3.63) is 54.6 Å². The molecule has 0 aliphatic rings. The lowest BCUT2D eigenvalue weighted by Gasteiger charge is -2.07. The Bertz CT molecular complexity index is 711. The van der Waals surface area contributed by atoms with Gasteiger partial charge in [-0.15, -0.1) is 12.8 Å². The molecule has 1 N–H and O–H groups in total. The van der Waals surface area contributed by atoms with Crippen LogP contribution < -0.4 is 9.47 Å². The van der Waals surface area contributed by atoms with E-state index < -0.39 is 0 Å². The molecule has 2 aromatic carbocycles. The number of nitrogens with zero attached hydrogens (tertiary/aromatic N) is 1. The summed E-state index contributed by atoms with van der Waals surface area (Å²) in [7, 11) is 0. The summed E-state index contributed by atoms with van der Waals surface area (Å²) < 4.78 is 15.5. The van der Waals surface area contributed by atoms with Crippen LogP contribution in [-0.2, 0) is 4.74 Å². The smallest absolute Gasteiger partial charge is 0.227 e. The van der Waals surface area contributed by atoms with E-state index in [1.54, 1.807) is 31.2 Å². The molecular weight excluding hydrogens is 318 g/mol. The maximum absolute atomic E-state index is 8.48. The Balaban J connectivity index is 0.000000381. The molecule has 0 aliphatic heterocycles. The molecule has 2 rings (SSSR count). The molecule has 5 heteroatoms. The molecule has 0 aromatic heterocycles. The van der Waals surface area contributed by atoms with Crippen molar-refractivity contribution in [2.24, 2.45) is 5.16 Å².